The Morgan fingerprint density at radius 2 is 1.77 bits per heavy atom. The maximum atomic E-state index is 12.9. The summed E-state index contributed by atoms with van der Waals surface area (Å²) in [6.45, 7) is 0.554. The van der Waals surface area contributed by atoms with Crippen molar-refractivity contribution < 1.29 is 32.2 Å². The summed E-state index contributed by atoms with van der Waals surface area (Å²) in [5.41, 5.74) is 2.31. The van der Waals surface area contributed by atoms with Crippen LogP contribution in [0.2, 0.25) is 0 Å². The maximum Gasteiger partial charge on any atom is 0.573 e. The number of benzene rings is 3. The summed E-state index contributed by atoms with van der Waals surface area (Å²) < 4.78 is 50.1. The van der Waals surface area contributed by atoms with Crippen molar-refractivity contribution in [2.75, 3.05) is 11.9 Å². The standard InChI is InChI=1S/C28H23F3N4O4/c29-28(30,31)39-23-11-4-8-19(12-23)24-15-25(33-27(37)20-13-26(36)32-16-20)34-35(24)21-9-5-10-22(14-21)38-17-18-6-2-1-3-7-18/h1-12,14-15,20H,13,16-17H2,(H,32,36)(H,33,34,37)/t20-/m0/s1. The van der Waals surface area contributed by atoms with Crippen LogP contribution in [0.5, 0.6) is 11.5 Å². The molecule has 1 fully saturated rings. The first-order valence-electron chi connectivity index (χ1n) is 12.0. The molecule has 8 nitrogen and oxygen atoms in total. The number of halogens is 3. The van der Waals surface area contributed by atoms with Crippen molar-refractivity contribution in [1.82, 2.24) is 15.1 Å². The van der Waals surface area contributed by atoms with Gasteiger partial charge in [-0.1, -0.05) is 48.5 Å². The molecular weight excluding hydrogens is 513 g/mol. The monoisotopic (exact) mass is 536 g/mol. The van der Waals surface area contributed by atoms with E-state index in [-0.39, 0.29) is 24.7 Å². The van der Waals surface area contributed by atoms with Crippen molar-refractivity contribution in [3.8, 4) is 28.4 Å². The van der Waals surface area contributed by atoms with E-state index in [0.29, 0.717) is 29.3 Å². The summed E-state index contributed by atoms with van der Waals surface area (Å²) in [6.07, 6.45) is -4.79. The smallest absolute Gasteiger partial charge is 0.489 e. The minimum Gasteiger partial charge on any atom is -0.489 e. The van der Waals surface area contributed by atoms with E-state index < -0.39 is 23.9 Å². The summed E-state index contributed by atoms with van der Waals surface area (Å²) in [4.78, 5) is 24.3. The Kier molecular flexibility index (Phi) is 7.22. The van der Waals surface area contributed by atoms with Crippen molar-refractivity contribution in [2.45, 2.75) is 19.4 Å². The second-order valence-electron chi connectivity index (χ2n) is 8.87. The number of carbonyl (C=O) groups excluding carboxylic acids is 2. The molecule has 1 atom stereocenters. The number of rotatable bonds is 8. The third kappa shape index (κ3) is 6.56. The molecule has 5 rings (SSSR count). The van der Waals surface area contributed by atoms with Gasteiger partial charge in [0.05, 0.1) is 17.3 Å². The summed E-state index contributed by atoms with van der Waals surface area (Å²) in [5.74, 6) is -0.827. The third-order valence-corrected chi connectivity index (χ3v) is 5.98. The van der Waals surface area contributed by atoms with Gasteiger partial charge in [-0.05, 0) is 29.8 Å². The molecule has 1 aromatic heterocycles. The summed E-state index contributed by atoms with van der Waals surface area (Å²) in [5, 5.41) is 9.84. The van der Waals surface area contributed by atoms with Crippen LogP contribution < -0.4 is 20.1 Å². The number of amides is 2. The summed E-state index contributed by atoms with van der Waals surface area (Å²) >= 11 is 0. The molecule has 0 bridgehead atoms. The van der Waals surface area contributed by atoms with Crippen LogP contribution in [0.3, 0.4) is 0 Å². The first-order chi connectivity index (χ1) is 18.7. The normalized spacial score (nSPS) is 15.1. The van der Waals surface area contributed by atoms with Crippen molar-refractivity contribution in [3.05, 3.63) is 90.5 Å². The van der Waals surface area contributed by atoms with E-state index >= 15 is 0 Å². The van der Waals surface area contributed by atoms with E-state index in [9.17, 15) is 22.8 Å². The van der Waals surface area contributed by atoms with Gasteiger partial charge in [0, 0.05) is 30.7 Å². The van der Waals surface area contributed by atoms with Gasteiger partial charge in [-0.3, -0.25) is 9.59 Å². The quantitative estimate of drug-likeness (QED) is 0.327. The Labute approximate surface area is 221 Å². The number of anilines is 1. The van der Waals surface area contributed by atoms with E-state index in [2.05, 4.69) is 20.5 Å². The van der Waals surface area contributed by atoms with Gasteiger partial charge in [-0.2, -0.15) is 0 Å². The largest absolute Gasteiger partial charge is 0.573 e. The van der Waals surface area contributed by atoms with Crippen LogP contribution >= 0.6 is 0 Å². The maximum absolute atomic E-state index is 12.9. The molecular formula is C28H23F3N4O4. The molecule has 4 aromatic rings. The number of hydrogen-bond acceptors (Lipinski definition) is 5. The highest BCUT2D eigenvalue weighted by Gasteiger charge is 2.31. The molecule has 200 valence electrons. The molecule has 0 radical (unpaired) electrons. The van der Waals surface area contributed by atoms with Crippen LogP contribution in [0.15, 0.2) is 84.9 Å². The number of alkyl halides is 3. The van der Waals surface area contributed by atoms with E-state index in [0.717, 1.165) is 5.56 Å². The molecule has 2 heterocycles. The van der Waals surface area contributed by atoms with Crippen molar-refractivity contribution >= 4 is 17.6 Å². The molecule has 0 aliphatic carbocycles. The first kappa shape index (κ1) is 25.8. The fraction of sp³-hybridized carbons (Fsp3) is 0.179. The predicted molar refractivity (Wildman–Crippen MR) is 136 cm³/mol. The van der Waals surface area contributed by atoms with Crippen molar-refractivity contribution in [1.29, 1.82) is 0 Å². The number of nitrogens with one attached hydrogen (secondary N) is 2. The lowest BCUT2D eigenvalue weighted by atomic mass is 10.1. The molecule has 0 unspecified atom stereocenters. The second-order valence-corrected chi connectivity index (χ2v) is 8.87. The zero-order valence-corrected chi connectivity index (χ0v) is 20.4. The minimum atomic E-state index is -4.85. The number of carbonyl (C=O) groups is 2. The summed E-state index contributed by atoms with van der Waals surface area (Å²) in [7, 11) is 0. The first-order valence-corrected chi connectivity index (χ1v) is 12.0. The molecule has 11 heteroatoms. The fourth-order valence-electron chi connectivity index (χ4n) is 4.16. The van der Waals surface area contributed by atoms with Crippen molar-refractivity contribution in [2.24, 2.45) is 5.92 Å². The van der Waals surface area contributed by atoms with Gasteiger partial charge in [0.25, 0.3) is 0 Å². The Morgan fingerprint density at radius 1 is 1.00 bits per heavy atom. The third-order valence-electron chi connectivity index (χ3n) is 5.98. The van der Waals surface area contributed by atoms with Crippen LogP contribution in [0.1, 0.15) is 12.0 Å². The number of ether oxygens (including phenoxy) is 2. The Morgan fingerprint density at radius 3 is 2.51 bits per heavy atom. The number of hydrogen-bond donors (Lipinski definition) is 2. The molecule has 2 N–H and O–H groups in total. The van der Waals surface area contributed by atoms with Gasteiger partial charge in [0.15, 0.2) is 5.82 Å². The van der Waals surface area contributed by atoms with Gasteiger partial charge in [0.2, 0.25) is 11.8 Å². The molecule has 1 saturated heterocycles. The van der Waals surface area contributed by atoms with E-state index in [1.54, 1.807) is 36.4 Å². The Hall–Kier alpha value is -4.80. The highest BCUT2D eigenvalue weighted by molar-refractivity contribution is 5.97. The Balaban J connectivity index is 1.47. The number of nitrogens with zero attached hydrogens (tertiary/aromatic N) is 2. The van der Waals surface area contributed by atoms with Gasteiger partial charge < -0.3 is 20.1 Å². The lowest BCUT2D eigenvalue weighted by Crippen LogP contribution is -2.24. The van der Waals surface area contributed by atoms with E-state index in [1.807, 2.05) is 30.3 Å². The number of aromatic nitrogens is 2. The van der Waals surface area contributed by atoms with Gasteiger partial charge in [0.1, 0.15) is 18.1 Å². The fourth-order valence-corrected chi connectivity index (χ4v) is 4.16. The van der Waals surface area contributed by atoms with Gasteiger partial charge in [-0.25, -0.2) is 4.68 Å². The van der Waals surface area contributed by atoms with Gasteiger partial charge >= 0.3 is 6.36 Å². The molecule has 0 spiro atoms. The molecule has 3 aromatic carbocycles. The molecule has 39 heavy (non-hydrogen) atoms. The summed E-state index contributed by atoms with van der Waals surface area (Å²) in [6, 6.07) is 23.7. The lowest BCUT2D eigenvalue weighted by molar-refractivity contribution is -0.274. The van der Waals surface area contributed by atoms with Crippen molar-refractivity contribution in [3.63, 3.8) is 0 Å². The zero-order chi connectivity index (χ0) is 27.4. The molecule has 2 amide bonds. The highest BCUT2D eigenvalue weighted by Crippen LogP contribution is 2.32. The predicted octanol–water partition coefficient (Wildman–Crippen LogP) is 5.09. The topological polar surface area (TPSA) is 94.5 Å². The highest BCUT2D eigenvalue weighted by atomic mass is 19.4. The van der Waals surface area contributed by atoms with Crippen LogP contribution in [0.4, 0.5) is 19.0 Å². The van der Waals surface area contributed by atoms with Crippen LogP contribution in [-0.2, 0) is 16.2 Å². The Bertz CT molecular complexity index is 1490. The SMILES string of the molecule is O=C1C[C@H](C(=O)Nc2cc(-c3cccc(OC(F)(F)F)c3)n(-c3cccc(OCc4ccccc4)c3)n2)CN1. The minimum absolute atomic E-state index is 0.0665. The van der Waals surface area contributed by atoms with E-state index in [1.165, 1.54) is 22.9 Å². The van der Waals surface area contributed by atoms with Gasteiger partial charge in [-0.15, -0.1) is 18.3 Å². The van der Waals surface area contributed by atoms with Crippen LogP contribution in [0.25, 0.3) is 16.9 Å². The van der Waals surface area contributed by atoms with Crippen LogP contribution in [0, 0.1) is 5.92 Å². The molecule has 1 aliphatic rings. The zero-order valence-electron chi connectivity index (χ0n) is 20.4. The lowest BCUT2D eigenvalue weighted by Gasteiger charge is -2.12. The van der Waals surface area contributed by atoms with E-state index in [4.69, 9.17) is 4.74 Å². The molecule has 1 aliphatic heterocycles. The second kappa shape index (κ2) is 10.9. The average molecular weight is 537 g/mol. The average Bonchev–Trinajstić information content (AvgIpc) is 3.54. The molecule has 0 saturated carbocycles. The van der Waals surface area contributed by atoms with Crippen LogP contribution in [-0.4, -0.2) is 34.5 Å².